The van der Waals surface area contributed by atoms with Crippen LogP contribution in [0.5, 0.6) is 5.75 Å². The lowest BCUT2D eigenvalue weighted by Crippen LogP contribution is -2.42. The second kappa shape index (κ2) is 7.26. The Morgan fingerprint density at radius 2 is 2.04 bits per heavy atom. The van der Waals surface area contributed by atoms with Gasteiger partial charge >= 0.3 is 5.97 Å². The molecule has 1 aliphatic heterocycles. The van der Waals surface area contributed by atoms with Gasteiger partial charge in [-0.25, -0.2) is 0 Å². The van der Waals surface area contributed by atoms with Crippen molar-refractivity contribution in [3.63, 3.8) is 0 Å². The van der Waals surface area contributed by atoms with Gasteiger partial charge in [-0.15, -0.1) is 0 Å². The average Bonchev–Trinajstić information content (AvgIpc) is 2.57. The zero-order valence-electron chi connectivity index (χ0n) is 13.6. The molecule has 124 valence electrons. The molecule has 1 atom stereocenters. The lowest BCUT2D eigenvalue weighted by atomic mass is 10.0. The average molecular weight is 319 g/mol. The van der Waals surface area contributed by atoms with Crippen LogP contribution in [-0.4, -0.2) is 37.4 Å². The zero-order valence-corrected chi connectivity index (χ0v) is 13.6. The second-order valence-corrected chi connectivity index (χ2v) is 5.46. The maximum Gasteiger partial charge on any atom is 0.305 e. The molecule has 0 saturated carbocycles. The van der Waals surface area contributed by atoms with Crippen LogP contribution in [0.1, 0.15) is 43.5 Å². The van der Waals surface area contributed by atoms with Crippen LogP contribution in [0.2, 0.25) is 0 Å². The van der Waals surface area contributed by atoms with E-state index in [1.54, 1.807) is 23.1 Å². The van der Waals surface area contributed by atoms with Crippen molar-refractivity contribution in [3.05, 3.63) is 23.8 Å². The first-order valence-corrected chi connectivity index (χ1v) is 7.65. The SMILES string of the molecule is CCC1CN(C(C)=O)c2cc(C(=O)CCC(=O)OC)ccc2O1. The summed E-state index contributed by atoms with van der Waals surface area (Å²) >= 11 is 0. The quantitative estimate of drug-likeness (QED) is 0.615. The number of methoxy groups -OCH3 is 1. The van der Waals surface area contributed by atoms with Crippen LogP contribution < -0.4 is 9.64 Å². The van der Waals surface area contributed by atoms with Gasteiger partial charge in [0.25, 0.3) is 0 Å². The van der Waals surface area contributed by atoms with Gasteiger partial charge in [-0.05, 0) is 24.6 Å². The minimum atomic E-state index is -0.421. The van der Waals surface area contributed by atoms with Gasteiger partial charge < -0.3 is 14.4 Å². The van der Waals surface area contributed by atoms with Crippen LogP contribution in [0.4, 0.5) is 5.69 Å². The largest absolute Gasteiger partial charge is 0.486 e. The number of hydrogen-bond donors (Lipinski definition) is 0. The molecular weight excluding hydrogens is 298 g/mol. The molecule has 0 bridgehead atoms. The van der Waals surface area contributed by atoms with Crippen LogP contribution in [0.25, 0.3) is 0 Å². The summed E-state index contributed by atoms with van der Waals surface area (Å²) in [6.45, 7) is 3.96. The minimum Gasteiger partial charge on any atom is -0.486 e. The fraction of sp³-hybridized carbons (Fsp3) is 0.471. The smallest absolute Gasteiger partial charge is 0.305 e. The summed E-state index contributed by atoms with van der Waals surface area (Å²) in [5.74, 6) is -0.0786. The van der Waals surface area contributed by atoms with E-state index < -0.39 is 5.97 Å². The van der Waals surface area contributed by atoms with Crippen molar-refractivity contribution < 1.29 is 23.9 Å². The molecule has 2 rings (SSSR count). The highest BCUT2D eigenvalue weighted by Crippen LogP contribution is 2.35. The first kappa shape index (κ1) is 17.0. The Hall–Kier alpha value is -2.37. The number of hydrogen-bond acceptors (Lipinski definition) is 5. The number of ether oxygens (including phenoxy) is 2. The molecule has 1 heterocycles. The summed E-state index contributed by atoms with van der Waals surface area (Å²) < 4.78 is 10.4. The summed E-state index contributed by atoms with van der Waals surface area (Å²) in [5, 5.41) is 0. The van der Waals surface area contributed by atoms with Crippen LogP contribution in [-0.2, 0) is 14.3 Å². The summed E-state index contributed by atoms with van der Waals surface area (Å²) in [6.07, 6.45) is 0.858. The molecule has 0 aromatic heterocycles. The number of carbonyl (C=O) groups is 3. The van der Waals surface area contributed by atoms with Gasteiger partial charge in [-0.3, -0.25) is 14.4 Å². The predicted octanol–water partition coefficient (Wildman–Crippen LogP) is 2.35. The van der Waals surface area contributed by atoms with E-state index in [9.17, 15) is 14.4 Å². The number of nitrogens with zero attached hydrogens (tertiary/aromatic N) is 1. The van der Waals surface area contributed by atoms with Crippen molar-refractivity contribution >= 4 is 23.3 Å². The topological polar surface area (TPSA) is 72.9 Å². The highest BCUT2D eigenvalue weighted by molar-refractivity contribution is 6.01. The van der Waals surface area contributed by atoms with Crippen molar-refractivity contribution in [2.75, 3.05) is 18.6 Å². The van der Waals surface area contributed by atoms with Crippen LogP contribution in [0.3, 0.4) is 0 Å². The molecule has 0 N–H and O–H groups in total. The molecule has 0 spiro atoms. The number of anilines is 1. The molecule has 0 aliphatic carbocycles. The van der Waals surface area contributed by atoms with Gasteiger partial charge in [0.15, 0.2) is 5.78 Å². The lowest BCUT2D eigenvalue weighted by molar-refractivity contribution is -0.140. The molecule has 6 nitrogen and oxygen atoms in total. The molecule has 0 saturated heterocycles. The van der Waals surface area contributed by atoms with Crippen molar-refractivity contribution in [2.24, 2.45) is 0 Å². The van der Waals surface area contributed by atoms with Crippen molar-refractivity contribution in [2.45, 2.75) is 39.2 Å². The second-order valence-electron chi connectivity index (χ2n) is 5.46. The highest BCUT2D eigenvalue weighted by Gasteiger charge is 2.28. The zero-order chi connectivity index (χ0) is 17.0. The first-order chi connectivity index (χ1) is 11.0. The standard InChI is InChI=1S/C17H21NO5/c1-4-13-10-18(11(2)19)14-9-12(5-7-16(14)23-13)15(20)6-8-17(21)22-3/h5,7,9,13H,4,6,8,10H2,1-3H3. The summed E-state index contributed by atoms with van der Waals surface area (Å²) in [4.78, 5) is 36.9. The molecule has 1 aromatic rings. The molecular formula is C17H21NO5. The summed E-state index contributed by atoms with van der Waals surface area (Å²) in [6, 6.07) is 5.02. The third-order valence-electron chi connectivity index (χ3n) is 3.87. The fourth-order valence-electron chi connectivity index (χ4n) is 2.49. The van der Waals surface area contributed by atoms with Gasteiger partial charge in [-0.1, -0.05) is 6.92 Å². The van der Waals surface area contributed by atoms with E-state index in [1.165, 1.54) is 14.0 Å². The molecule has 6 heteroatoms. The fourth-order valence-corrected chi connectivity index (χ4v) is 2.49. The Labute approximate surface area is 135 Å². The molecule has 0 fully saturated rings. The van der Waals surface area contributed by atoms with Gasteiger partial charge in [0, 0.05) is 18.9 Å². The van der Waals surface area contributed by atoms with E-state index in [1.807, 2.05) is 6.92 Å². The maximum absolute atomic E-state index is 12.2. The number of amides is 1. The van der Waals surface area contributed by atoms with Crippen molar-refractivity contribution in [1.29, 1.82) is 0 Å². The van der Waals surface area contributed by atoms with Gasteiger partial charge in [0.1, 0.15) is 11.9 Å². The predicted molar refractivity (Wildman–Crippen MR) is 84.8 cm³/mol. The Bertz CT molecular complexity index is 625. The number of Topliss-reactive ketones (excluding diaryl/α,β-unsaturated/α-hetero) is 1. The normalized spacial score (nSPS) is 16.3. The summed E-state index contributed by atoms with van der Waals surface area (Å²) in [5.41, 5.74) is 1.06. The van der Waals surface area contributed by atoms with E-state index in [0.29, 0.717) is 23.5 Å². The number of benzene rings is 1. The number of ketones is 1. The van der Waals surface area contributed by atoms with Crippen LogP contribution in [0.15, 0.2) is 18.2 Å². The van der Waals surface area contributed by atoms with E-state index in [-0.39, 0.29) is 30.6 Å². The van der Waals surface area contributed by atoms with Gasteiger partial charge in [-0.2, -0.15) is 0 Å². The maximum atomic E-state index is 12.2. The van der Waals surface area contributed by atoms with E-state index in [2.05, 4.69) is 4.74 Å². The van der Waals surface area contributed by atoms with Crippen molar-refractivity contribution in [1.82, 2.24) is 0 Å². The van der Waals surface area contributed by atoms with E-state index in [0.717, 1.165) is 6.42 Å². The molecule has 1 amide bonds. The molecule has 1 unspecified atom stereocenters. The number of fused-ring (bicyclic) bond motifs is 1. The third kappa shape index (κ3) is 3.88. The molecule has 0 radical (unpaired) electrons. The highest BCUT2D eigenvalue weighted by atomic mass is 16.5. The van der Waals surface area contributed by atoms with Gasteiger partial charge in [0.2, 0.25) is 5.91 Å². The Morgan fingerprint density at radius 3 is 2.65 bits per heavy atom. The molecule has 1 aliphatic rings. The summed E-state index contributed by atoms with van der Waals surface area (Å²) in [7, 11) is 1.29. The minimum absolute atomic E-state index is 0.0389. The third-order valence-corrected chi connectivity index (χ3v) is 3.87. The monoisotopic (exact) mass is 319 g/mol. The number of rotatable bonds is 5. The molecule has 23 heavy (non-hydrogen) atoms. The van der Waals surface area contributed by atoms with E-state index >= 15 is 0 Å². The van der Waals surface area contributed by atoms with Crippen LogP contribution >= 0.6 is 0 Å². The van der Waals surface area contributed by atoms with Crippen molar-refractivity contribution in [3.8, 4) is 5.75 Å². The van der Waals surface area contributed by atoms with Gasteiger partial charge in [0.05, 0.1) is 25.8 Å². The van der Waals surface area contributed by atoms with E-state index in [4.69, 9.17) is 4.74 Å². The number of esters is 1. The lowest BCUT2D eigenvalue weighted by Gasteiger charge is -2.34. The first-order valence-electron chi connectivity index (χ1n) is 7.65. The van der Waals surface area contributed by atoms with Crippen LogP contribution in [0, 0.1) is 0 Å². The Balaban J connectivity index is 2.23. The molecule has 1 aromatic carbocycles. The Morgan fingerprint density at radius 1 is 1.30 bits per heavy atom. The number of carbonyl (C=O) groups excluding carboxylic acids is 3. The Kier molecular flexibility index (Phi) is 5.36.